The van der Waals surface area contributed by atoms with E-state index in [-0.39, 0.29) is 0 Å². The van der Waals surface area contributed by atoms with Crippen LogP contribution in [0.15, 0.2) is 30.0 Å². The normalized spacial score (nSPS) is 16.2. The quantitative estimate of drug-likeness (QED) is 0.167. The molecule has 7 rings (SSSR count). The van der Waals surface area contributed by atoms with Crippen LogP contribution in [0.25, 0.3) is 71.2 Å². The summed E-state index contributed by atoms with van der Waals surface area (Å²) in [6.07, 6.45) is 0. The van der Waals surface area contributed by atoms with E-state index in [2.05, 4.69) is 34.3 Å². The van der Waals surface area contributed by atoms with Gasteiger partial charge in [-0.2, -0.15) is 26.3 Å². The SMILES string of the molecule is [C-]#[N+]/C(=C1\C(F)=c2c3c(c4c(c2=C1F)=C(F)/C(=C(\C#N)c1nc([N+]#[C-])c(C#N)o1)C=4F)=C(F)/C(=C(\C#N)c1nc([N+]#[C-])c([N+]#[C-])o1)C=3F)c1nc(C#N)c(C#N)o1. The number of allylic oxidation sites excluding steroid dienone is 5. The Morgan fingerprint density at radius 1 is 0.491 bits per heavy atom. The number of nitrogens with zero attached hydrogens (tertiary/aromatic N) is 12. The molecule has 0 unspecified atom stereocenters. The zero-order valence-corrected chi connectivity index (χ0v) is 26.9. The van der Waals surface area contributed by atoms with Gasteiger partial charge in [0.1, 0.15) is 65.3 Å². The molecule has 1 aromatic carbocycles. The first-order valence-electron chi connectivity index (χ1n) is 14.6. The third-order valence-corrected chi connectivity index (χ3v) is 8.29. The van der Waals surface area contributed by atoms with Crippen molar-refractivity contribution in [3.63, 3.8) is 0 Å². The number of halogens is 6. The van der Waals surface area contributed by atoms with Crippen LogP contribution in [0.3, 0.4) is 0 Å². The lowest BCUT2D eigenvalue weighted by molar-refractivity contribution is 0.529. The predicted molar refractivity (Wildman–Crippen MR) is 172 cm³/mol. The first-order chi connectivity index (χ1) is 27.4. The van der Waals surface area contributed by atoms with Crippen molar-refractivity contribution in [2.75, 3.05) is 0 Å². The van der Waals surface area contributed by atoms with Crippen LogP contribution < -0.4 is 31.3 Å². The monoisotopic (exact) mass is 762 g/mol. The van der Waals surface area contributed by atoms with Crippen molar-refractivity contribution in [2.24, 2.45) is 0 Å². The average molecular weight is 762 g/mol. The minimum atomic E-state index is -1.95. The number of oxazole rings is 3. The molecular weight excluding hydrogens is 762 g/mol. The van der Waals surface area contributed by atoms with Crippen molar-refractivity contribution in [1.82, 2.24) is 15.0 Å². The molecule has 3 aliphatic carbocycles. The van der Waals surface area contributed by atoms with E-state index in [1.807, 2.05) is 0 Å². The highest BCUT2D eigenvalue weighted by Crippen LogP contribution is 2.39. The molecule has 3 aliphatic rings. The highest BCUT2D eigenvalue weighted by atomic mass is 19.2. The molecule has 0 radical (unpaired) electrons. The number of rotatable bonds is 3. The molecule has 21 heteroatoms. The fourth-order valence-electron chi connectivity index (χ4n) is 6.08. The number of hydrogen-bond donors (Lipinski definition) is 0. The maximum Gasteiger partial charge on any atom is 0.373 e. The maximum atomic E-state index is 16.9. The van der Waals surface area contributed by atoms with Crippen molar-refractivity contribution >= 4 is 69.3 Å². The molecule has 0 saturated heterocycles. The summed E-state index contributed by atoms with van der Waals surface area (Å²) in [4.78, 5) is 22.4. The Morgan fingerprint density at radius 2 is 0.912 bits per heavy atom. The fraction of sp³-hybridized carbons (Fsp3) is 0. The Balaban J connectivity index is 1.79. The lowest BCUT2D eigenvalue weighted by Crippen LogP contribution is -2.64. The van der Waals surface area contributed by atoms with Gasteiger partial charge < -0.3 is 22.9 Å². The zero-order chi connectivity index (χ0) is 41.2. The van der Waals surface area contributed by atoms with E-state index < -0.39 is 152 Å². The van der Waals surface area contributed by atoms with E-state index in [9.17, 15) is 26.3 Å². The van der Waals surface area contributed by atoms with Gasteiger partial charge in [-0.1, -0.05) is 23.1 Å². The first kappa shape index (κ1) is 35.7. The van der Waals surface area contributed by atoms with Crippen LogP contribution in [0, 0.1) is 82.9 Å². The summed E-state index contributed by atoms with van der Waals surface area (Å²) in [5, 5.41) is 39.7. The molecule has 0 aliphatic heterocycles. The molecule has 15 nitrogen and oxygen atoms in total. The fourth-order valence-corrected chi connectivity index (χ4v) is 6.08. The molecule has 264 valence electrons. The van der Waals surface area contributed by atoms with Crippen molar-refractivity contribution in [1.29, 1.82) is 26.3 Å². The standard InChI is InChI=1S/C36F6N12O3/c1-48-30(35-52-12(7-45)13(8-46)55-35)23-28(41)21-19-17(24(37)15(25(19)38)10(5-43)33-53-31(49-2)14(9-47)56-33)18-20(22(21)29(23)42)27(40)16(26(18)39)11(6-44)34-54-32(50-3)36(51-4)57-34/b15-10+,16-11-,30-23-. The summed E-state index contributed by atoms with van der Waals surface area (Å²) in [5.74, 6) is -18.8. The second-order valence-electron chi connectivity index (χ2n) is 10.9. The van der Waals surface area contributed by atoms with Crippen LogP contribution >= 0.6 is 0 Å². The number of benzene rings is 1. The summed E-state index contributed by atoms with van der Waals surface area (Å²) >= 11 is 0. The Hall–Kier alpha value is -9.72. The maximum absolute atomic E-state index is 16.9. The molecule has 3 aromatic heterocycles. The Kier molecular flexibility index (Phi) is 7.98. The molecule has 0 atom stereocenters. The molecule has 0 amide bonds. The minimum Gasteiger partial charge on any atom is -0.453 e. The van der Waals surface area contributed by atoms with Crippen LogP contribution in [0.5, 0.6) is 0 Å². The van der Waals surface area contributed by atoms with Crippen LogP contribution in [0.4, 0.5) is 43.9 Å². The van der Waals surface area contributed by atoms with Gasteiger partial charge in [-0.05, 0) is 0 Å². The van der Waals surface area contributed by atoms with Crippen LogP contribution in [-0.2, 0) is 0 Å². The third-order valence-electron chi connectivity index (χ3n) is 8.29. The van der Waals surface area contributed by atoms with E-state index in [1.165, 1.54) is 30.3 Å². The summed E-state index contributed by atoms with van der Waals surface area (Å²) in [6.45, 7) is 29.2. The summed E-state index contributed by atoms with van der Waals surface area (Å²) in [5.41, 5.74) is -8.82. The Morgan fingerprint density at radius 3 is 1.25 bits per heavy atom. The molecule has 0 fully saturated rings. The summed E-state index contributed by atoms with van der Waals surface area (Å²) in [6, 6.07) is 7.04. The van der Waals surface area contributed by atoms with Gasteiger partial charge in [0.15, 0.2) is 16.8 Å². The third kappa shape index (κ3) is 4.61. The van der Waals surface area contributed by atoms with Gasteiger partial charge in [0.2, 0.25) is 17.4 Å². The van der Waals surface area contributed by atoms with E-state index in [0.717, 1.165) is 0 Å². The highest BCUT2D eigenvalue weighted by molar-refractivity contribution is 6.03. The van der Waals surface area contributed by atoms with Crippen LogP contribution in [0.1, 0.15) is 34.9 Å². The zero-order valence-electron chi connectivity index (χ0n) is 26.9. The molecule has 0 N–H and O–H groups in total. The van der Waals surface area contributed by atoms with Gasteiger partial charge in [0, 0.05) is 31.3 Å². The van der Waals surface area contributed by atoms with Crippen molar-refractivity contribution < 1.29 is 39.6 Å². The van der Waals surface area contributed by atoms with Gasteiger partial charge in [0.05, 0.1) is 29.9 Å². The molecule has 0 bridgehead atoms. The highest BCUT2D eigenvalue weighted by Gasteiger charge is 2.40. The predicted octanol–water partition coefficient (Wildman–Crippen LogP) is 3.71. The lowest BCUT2D eigenvalue weighted by Gasteiger charge is -2.00. The first-order valence-corrected chi connectivity index (χ1v) is 14.6. The molecular formula is C36F6N12O3. The van der Waals surface area contributed by atoms with Gasteiger partial charge in [0.25, 0.3) is 5.70 Å². The summed E-state index contributed by atoms with van der Waals surface area (Å²) < 4.78 is 116. The number of aromatic nitrogens is 3. The molecule has 3 heterocycles. The van der Waals surface area contributed by atoms with Gasteiger partial charge in [-0.3, -0.25) is 0 Å². The van der Waals surface area contributed by atoms with Gasteiger partial charge in [-0.25, -0.2) is 41.0 Å². The molecule has 0 saturated carbocycles. The topological polar surface area (TPSA) is 214 Å². The van der Waals surface area contributed by atoms with Crippen LogP contribution in [-0.4, -0.2) is 15.0 Å². The van der Waals surface area contributed by atoms with Crippen LogP contribution in [0.2, 0.25) is 0 Å². The Bertz CT molecular complexity index is 3040. The van der Waals surface area contributed by atoms with Gasteiger partial charge >= 0.3 is 29.3 Å². The van der Waals surface area contributed by atoms with E-state index in [1.54, 1.807) is 0 Å². The number of fused-ring (bicyclic) bond motifs is 6. The second-order valence-corrected chi connectivity index (χ2v) is 10.9. The molecule has 0 spiro atoms. The number of hydrogen-bond acceptors (Lipinski definition) is 11. The van der Waals surface area contributed by atoms with E-state index in [0.29, 0.717) is 0 Å². The van der Waals surface area contributed by atoms with E-state index in [4.69, 9.17) is 39.5 Å². The number of nitriles is 5. The van der Waals surface area contributed by atoms with Crippen molar-refractivity contribution in [3.05, 3.63) is 129 Å². The average Bonchev–Trinajstić information content (AvgIpc) is 4.06. The smallest absolute Gasteiger partial charge is 0.373 e. The minimum absolute atomic E-state index is 0.737. The van der Waals surface area contributed by atoms with E-state index >= 15 is 26.3 Å². The molecule has 4 aromatic rings. The largest absolute Gasteiger partial charge is 0.453 e. The van der Waals surface area contributed by atoms with Gasteiger partial charge in [-0.15, -0.1) is 0 Å². The second kappa shape index (κ2) is 12.7. The summed E-state index contributed by atoms with van der Waals surface area (Å²) in [7, 11) is 0. The molecule has 57 heavy (non-hydrogen) atoms. The lowest BCUT2D eigenvalue weighted by atomic mass is 10.1. The van der Waals surface area contributed by atoms with Crippen molar-refractivity contribution in [3.8, 4) is 30.3 Å². The van der Waals surface area contributed by atoms with Crippen molar-refractivity contribution in [2.45, 2.75) is 0 Å². The Labute approximate surface area is 308 Å².